The van der Waals surface area contributed by atoms with E-state index in [1.807, 2.05) is 17.5 Å². The first-order valence-electron chi connectivity index (χ1n) is 11.3. The minimum atomic E-state index is -0.579. The summed E-state index contributed by atoms with van der Waals surface area (Å²) in [7, 11) is 0. The fourth-order valence-electron chi connectivity index (χ4n) is 3.32. The maximum absolute atomic E-state index is 13.2. The Morgan fingerprint density at radius 2 is 1.68 bits per heavy atom. The molecular weight excluding hydrogens is 522 g/mol. The molecule has 0 fully saturated rings. The van der Waals surface area contributed by atoms with Crippen molar-refractivity contribution in [2.45, 2.75) is 4.90 Å². The fraction of sp³-hybridized carbons (Fsp3) is 0.0357. The van der Waals surface area contributed by atoms with Crippen molar-refractivity contribution in [1.29, 1.82) is 0 Å². The third-order valence-corrected chi connectivity index (χ3v) is 7.11. The highest BCUT2D eigenvalue weighted by Gasteiger charge is 2.16. The van der Waals surface area contributed by atoms with Crippen LogP contribution in [0.4, 0.5) is 11.4 Å². The predicted molar refractivity (Wildman–Crippen MR) is 149 cm³/mol. The molecule has 8 nitrogen and oxygen atoms in total. The second-order valence-corrected chi connectivity index (χ2v) is 9.89. The summed E-state index contributed by atoms with van der Waals surface area (Å²) < 4.78 is 0. The number of amides is 2. The van der Waals surface area contributed by atoms with Crippen LogP contribution >= 0.6 is 23.1 Å². The van der Waals surface area contributed by atoms with Crippen molar-refractivity contribution in [3.8, 4) is 0 Å². The summed E-state index contributed by atoms with van der Waals surface area (Å²) in [5, 5.41) is 18.2. The van der Waals surface area contributed by atoms with Crippen LogP contribution in [0.15, 0.2) is 107 Å². The number of nitrogens with zero attached hydrogens (tertiary/aromatic N) is 1. The lowest BCUT2D eigenvalue weighted by atomic mass is 10.1. The number of carbonyl (C=O) groups excluding carboxylic acids is 3. The van der Waals surface area contributed by atoms with Gasteiger partial charge in [0.15, 0.2) is 5.78 Å². The second-order valence-electron chi connectivity index (χ2n) is 7.90. The number of rotatable bonds is 10. The van der Waals surface area contributed by atoms with E-state index in [2.05, 4.69) is 10.6 Å². The standard InChI is InChI=1S/C28H21N3O5S2/c32-25(26-10-5-15-37-26)18-38-23-9-4-8-21(17-23)29-28(34)24(30-27(33)20-6-2-1-3-7-20)16-19-11-13-22(14-12-19)31(35)36/h1-17H,18H2,(H,29,34)(H,30,33)/b24-16-. The molecule has 0 radical (unpaired) electrons. The Bertz CT molecular complexity index is 1480. The molecule has 0 saturated carbocycles. The van der Waals surface area contributed by atoms with Gasteiger partial charge in [0.2, 0.25) is 0 Å². The average molecular weight is 544 g/mol. The molecular formula is C28H21N3O5S2. The lowest BCUT2D eigenvalue weighted by Gasteiger charge is -2.12. The number of non-ortho nitro benzene ring substituents is 1. The summed E-state index contributed by atoms with van der Waals surface area (Å²) in [6, 6.07) is 24.7. The van der Waals surface area contributed by atoms with E-state index in [4.69, 9.17) is 0 Å². The number of hydrogen-bond donors (Lipinski definition) is 2. The van der Waals surface area contributed by atoms with Crippen LogP contribution in [-0.2, 0) is 4.79 Å². The van der Waals surface area contributed by atoms with Crippen LogP contribution in [0.1, 0.15) is 25.6 Å². The highest BCUT2D eigenvalue weighted by atomic mass is 32.2. The monoisotopic (exact) mass is 543 g/mol. The molecule has 3 aromatic carbocycles. The Hall–Kier alpha value is -4.54. The third-order valence-electron chi connectivity index (χ3n) is 5.20. The largest absolute Gasteiger partial charge is 0.321 e. The summed E-state index contributed by atoms with van der Waals surface area (Å²) >= 11 is 2.75. The number of ketones is 1. The summed E-state index contributed by atoms with van der Waals surface area (Å²) in [5.74, 6) is -0.776. The first-order chi connectivity index (χ1) is 18.4. The van der Waals surface area contributed by atoms with Gasteiger partial charge in [0.05, 0.1) is 15.6 Å². The van der Waals surface area contributed by atoms with Gasteiger partial charge < -0.3 is 10.6 Å². The zero-order valence-corrected chi connectivity index (χ0v) is 21.5. The summed E-state index contributed by atoms with van der Waals surface area (Å²) in [4.78, 5) is 50.3. The van der Waals surface area contributed by atoms with Crippen molar-refractivity contribution in [3.05, 3.63) is 128 Å². The second kappa shape index (κ2) is 12.6. The first kappa shape index (κ1) is 26.5. The number of nitro groups is 1. The third kappa shape index (κ3) is 7.25. The highest BCUT2D eigenvalue weighted by molar-refractivity contribution is 8.00. The highest BCUT2D eigenvalue weighted by Crippen LogP contribution is 2.24. The quantitative estimate of drug-likeness (QED) is 0.0828. The van der Waals surface area contributed by atoms with Crippen molar-refractivity contribution in [2.75, 3.05) is 11.1 Å². The summed E-state index contributed by atoms with van der Waals surface area (Å²) in [5.41, 5.74) is 1.20. The van der Waals surface area contributed by atoms with E-state index in [0.717, 1.165) is 4.90 Å². The number of nitro benzene ring substituents is 1. The number of Topliss-reactive ketones (excluding diaryl/α,β-unsaturated/α-hetero) is 1. The van der Waals surface area contributed by atoms with Gasteiger partial charge in [-0.25, -0.2) is 0 Å². The number of nitrogens with one attached hydrogen (secondary N) is 2. The van der Waals surface area contributed by atoms with Gasteiger partial charge in [0.1, 0.15) is 5.70 Å². The lowest BCUT2D eigenvalue weighted by molar-refractivity contribution is -0.384. The van der Waals surface area contributed by atoms with Crippen molar-refractivity contribution in [1.82, 2.24) is 5.32 Å². The molecule has 4 aromatic rings. The maximum atomic E-state index is 13.2. The zero-order valence-electron chi connectivity index (χ0n) is 19.8. The minimum Gasteiger partial charge on any atom is -0.321 e. The Kier molecular flexibility index (Phi) is 8.81. The van der Waals surface area contributed by atoms with Gasteiger partial charge in [-0.2, -0.15) is 0 Å². The van der Waals surface area contributed by atoms with Crippen LogP contribution in [-0.4, -0.2) is 28.3 Å². The van der Waals surface area contributed by atoms with Crippen LogP contribution < -0.4 is 10.6 Å². The Morgan fingerprint density at radius 1 is 0.921 bits per heavy atom. The normalized spacial score (nSPS) is 11.0. The predicted octanol–water partition coefficient (Wildman–Crippen LogP) is 6.04. The van der Waals surface area contributed by atoms with E-state index in [1.165, 1.54) is 53.4 Å². The van der Waals surface area contributed by atoms with Crippen LogP contribution in [0.5, 0.6) is 0 Å². The molecule has 0 aliphatic rings. The average Bonchev–Trinajstić information content (AvgIpc) is 3.48. The molecule has 190 valence electrons. The minimum absolute atomic E-state index is 0.0244. The van der Waals surface area contributed by atoms with Crippen LogP contribution in [0, 0.1) is 10.1 Å². The van der Waals surface area contributed by atoms with Gasteiger partial charge in [-0.1, -0.05) is 30.3 Å². The Morgan fingerprint density at radius 3 is 2.37 bits per heavy atom. The van der Waals surface area contributed by atoms with E-state index < -0.39 is 16.7 Å². The van der Waals surface area contributed by atoms with Crippen LogP contribution in [0.25, 0.3) is 6.08 Å². The molecule has 1 aromatic heterocycles. The van der Waals surface area contributed by atoms with Gasteiger partial charge in [-0.15, -0.1) is 23.1 Å². The van der Waals surface area contributed by atoms with E-state index >= 15 is 0 Å². The number of benzene rings is 3. The van der Waals surface area contributed by atoms with Crippen molar-refractivity contribution < 1.29 is 19.3 Å². The molecule has 0 unspecified atom stereocenters. The summed E-state index contributed by atoms with van der Waals surface area (Å²) in [6.45, 7) is 0. The molecule has 4 rings (SSSR count). The summed E-state index contributed by atoms with van der Waals surface area (Å²) in [6.07, 6.45) is 1.44. The van der Waals surface area contributed by atoms with Crippen LogP contribution in [0.3, 0.4) is 0 Å². The molecule has 0 aliphatic carbocycles. The molecule has 0 bridgehead atoms. The van der Waals surface area contributed by atoms with Crippen molar-refractivity contribution in [3.63, 3.8) is 0 Å². The van der Waals surface area contributed by atoms with Crippen LogP contribution in [0.2, 0.25) is 0 Å². The first-order valence-corrected chi connectivity index (χ1v) is 13.2. The topological polar surface area (TPSA) is 118 Å². The van der Waals surface area contributed by atoms with E-state index in [0.29, 0.717) is 21.7 Å². The molecule has 0 aliphatic heterocycles. The molecule has 1 heterocycles. The smallest absolute Gasteiger partial charge is 0.272 e. The van der Waals surface area contributed by atoms with Gasteiger partial charge in [-0.3, -0.25) is 24.5 Å². The maximum Gasteiger partial charge on any atom is 0.272 e. The zero-order chi connectivity index (χ0) is 26.9. The van der Waals surface area contributed by atoms with Gasteiger partial charge in [0, 0.05) is 28.3 Å². The molecule has 2 N–H and O–H groups in total. The van der Waals surface area contributed by atoms with E-state index in [1.54, 1.807) is 54.6 Å². The number of thiophene rings is 1. The molecule has 10 heteroatoms. The van der Waals surface area contributed by atoms with Crippen molar-refractivity contribution >= 4 is 58.1 Å². The Balaban J connectivity index is 1.52. The lowest BCUT2D eigenvalue weighted by Crippen LogP contribution is -2.30. The van der Waals surface area contributed by atoms with Gasteiger partial charge in [0.25, 0.3) is 17.5 Å². The fourth-order valence-corrected chi connectivity index (χ4v) is 4.91. The Labute approximate surface area is 226 Å². The molecule has 38 heavy (non-hydrogen) atoms. The van der Waals surface area contributed by atoms with Crippen molar-refractivity contribution in [2.24, 2.45) is 0 Å². The number of thioether (sulfide) groups is 1. The van der Waals surface area contributed by atoms with Gasteiger partial charge in [-0.05, 0) is 65.6 Å². The molecule has 2 amide bonds. The molecule has 0 spiro atoms. The van der Waals surface area contributed by atoms with E-state index in [9.17, 15) is 24.5 Å². The number of hydrogen-bond acceptors (Lipinski definition) is 7. The molecule has 0 atom stereocenters. The number of carbonyl (C=O) groups is 3. The number of anilines is 1. The van der Waals surface area contributed by atoms with Gasteiger partial charge >= 0.3 is 0 Å². The van der Waals surface area contributed by atoms with E-state index in [-0.39, 0.29) is 22.9 Å². The molecule has 0 saturated heterocycles. The SMILES string of the molecule is O=C(Nc1cccc(SCC(=O)c2cccs2)c1)/C(=C/c1ccc([N+](=O)[O-])cc1)NC(=O)c1ccccc1.